The van der Waals surface area contributed by atoms with Crippen LogP contribution in [-0.4, -0.2) is 66.2 Å². The first-order chi connectivity index (χ1) is 17.4. The average molecular weight is 494 g/mol. The van der Waals surface area contributed by atoms with E-state index in [1.807, 2.05) is 36.4 Å². The highest BCUT2D eigenvalue weighted by Crippen LogP contribution is 2.41. The molecule has 0 radical (unpaired) electrons. The number of ether oxygens (including phenoxy) is 1. The third-order valence-corrected chi connectivity index (χ3v) is 6.93. The fourth-order valence-electron chi connectivity index (χ4n) is 5.14. The summed E-state index contributed by atoms with van der Waals surface area (Å²) < 4.78 is 32.7. The summed E-state index contributed by atoms with van der Waals surface area (Å²) in [5.74, 6) is -1.42. The minimum atomic E-state index is -2.67. The first-order valence-corrected chi connectivity index (χ1v) is 11.9. The van der Waals surface area contributed by atoms with Gasteiger partial charge in [-0.1, -0.05) is 12.1 Å². The number of fused-ring (bicyclic) bond motifs is 4. The van der Waals surface area contributed by atoms with E-state index in [-0.39, 0.29) is 25.0 Å². The maximum absolute atomic E-state index is 13.8. The highest BCUT2D eigenvalue weighted by atomic mass is 19.3. The number of aromatic nitrogens is 3. The van der Waals surface area contributed by atoms with Crippen molar-refractivity contribution in [2.24, 2.45) is 0 Å². The van der Waals surface area contributed by atoms with Crippen molar-refractivity contribution in [3.05, 3.63) is 48.8 Å². The summed E-state index contributed by atoms with van der Waals surface area (Å²) >= 11 is 0. The fraction of sp³-hybridized carbons (Fsp3) is 0.360. The first-order valence-electron chi connectivity index (χ1n) is 11.9. The molecule has 3 aliphatic heterocycles. The topological polar surface area (TPSA) is 86.7 Å². The van der Waals surface area contributed by atoms with Crippen molar-refractivity contribution >= 4 is 29.0 Å². The summed E-state index contributed by atoms with van der Waals surface area (Å²) in [6.07, 6.45) is 2.01. The Labute approximate surface area is 206 Å². The van der Waals surface area contributed by atoms with E-state index in [2.05, 4.69) is 20.2 Å². The number of nitrogens with one attached hydrogen (secondary N) is 1. The number of pyridine rings is 1. The van der Waals surface area contributed by atoms with Crippen molar-refractivity contribution in [3.8, 4) is 17.1 Å². The predicted molar refractivity (Wildman–Crippen MR) is 132 cm³/mol. The molecule has 0 aliphatic carbocycles. The van der Waals surface area contributed by atoms with Crippen molar-refractivity contribution in [1.29, 1.82) is 0 Å². The van der Waals surface area contributed by atoms with E-state index < -0.39 is 5.92 Å². The van der Waals surface area contributed by atoms with Gasteiger partial charge in [0.25, 0.3) is 5.92 Å². The number of hydrogen-bond acceptors (Lipinski definition) is 7. The summed E-state index contributed by atoms with van der Waals surface area (Å²) in [6, 6.07) is 12.6. The zero-order valence-corrected chi connectivity index (χ0v) is 19.7. The van der Waals surface area contributed by atoms with Crippen LogP contribution in [0.15, 0.2) is 48.8 Å². The molecule has 2 saturated heterocycles. The maximum atomic E-state index is 13.8. The molecule has 5 heterocycles. The van der Waals surface area contributed by atoms with Crippen LogP contribution in [0.1, 0.15) is 12.8 Å². The minimum Gasteiger partial charge on any atom is -0.481 e. The largest absolute Gasteiger partial charge is 0.481 e. The summed E-state index contributed by atoms with van der Waals surface area (Å²) in [5, 5.41) is 2.84. The van der Waals surface area contributed by atoms with Gasteiger partial charge in [0.2, 0.25) is 5.88 Å². The Morgan fingerprint density at radius 1 is 1.14 bits per heavy atom. The Morgan fingerprint density at radius 3 is 2.83 bits per heavy atom. The molecule has 1 N–H and O–H groups in total. The van der Waals surface area contributed by atoms with Gasteiger partial charge in [0.1, 0.15) is 12.1 Å². The van der Waals surface area contributed by atoms with Gasteiger partial charge >= 0.3 is 6.03 Å². The fourth-order valence-corrected chi connectivity index (χ4v) is 5.14. The third kappa shape index (κ3) is 4.04. The van der Waals surface area contributed by atoms with Crippen LogP contribution in [-0.2, 0) is 0 Å². The summed E-state index contributed by atoms with van der Waals surface area (Å²) in [6.45, 7) is 1.59. The van der Waals surface area contributed by atoms with Gasteiger partial charge in [-0.3, -0.25) is 10.2 Å². The lowest BCUT2D eigenvalue weighted by Gasteiger charge is -2.35. The highest BCUT2D eigenvalue weighted by Gasteiger charge is 2.41. The lowest BCUT2D eigenvalue weighted by molar-refractivity contribution is 0.0257. The minimum absolute atomic E-state index is 0.0258. The molecule has 1 aromatic carbocycles. The monoisotopic (exact) mass is 493 g/mol. The van der Waals surface area contributed by atoms with Crippen molar-refractivity contribution in [1.82, 2.24) is 15.0 Å². The van der Waals surface area contributed by atoms with Crippen LogP contribution in [0.2, 0.25) is 0 Å². The molecule has 6 rings (SSSR count). The Balaban J connectivity index is 1.32. The molecule has 2 aromatic heterocycles. The molecule has 186 valence electrons. The molecule has 0 saturated carbocycles. The van der Waals surface area contributed by atoms with Crippen LogP contribution in [0.5, 0.6) is 5.88 Å². The number of halogens is 2. The van der Waals surface area contributed by atoms with E-state index in [0.717, 1.165) is 36.4 Å². The van der Waals surface area contributed by atoms with Crippen LogP contribution in [0.4, 0.5) is 36.6 Å². The van der Waals surface area contributed by atoms with Gasteiger partial charge in [0, 0.05) is 43.4 Å². The standard InChI is InChI=1S/C25H25F2N7O2/c1-36-22-12-21(28-15-29-22)31-24(35)34-18-7-9-32(13-18)20-6-5-19(30-23(20)34)16-3-2-4-17(11-16)33-10-8-25(26,27)14-33/h2-6,11-12,15,18H,7-10,13-14H2,1H3,(H,28,29,31,35)/t18-/m0/s1. The van der Waals surface area contributed by atoms with Crippen molar-refractivity contribution in [3.63, 3.8) is 0 Å². The Kier molecular flexibility index (Phi) is 5.35. The van der Waals surface area contributed by atoms with Crippen LogP contribution < -0.4 is 24.8 Å². The molecule has 2 bridgehead atoms. The number of nitrogens with zero attached hydrogens (tertiary/aromatic N) is 6. The molecule has 11 heteroatoms. The van der Waals surface area contributed by atoms with Gasteiger partial charge in [0.15, 0.2) is 5.82 Å². The number of amides is 2. The van der Waals surface area contributed by atoms with Gasteiger partial charge in [-0.2, -0.15) is 0 Å². The molecule has 2 fully saturated rings. The van der Waals surface area contributed by atoms with Crippen LogP contribution in [0.3, 0.4) is 0 Å². The van der Waals surface area contributed by atoms with Crippen molar-refractivity contribution in [2.75, 3.05) is 53.3 Å². The van der Waals surface area contributed by atoms with E-state index in [4.69, 9.17) is 9.72 Å². The zero-order chi connectivity index (χ0) is 24.9. The highest BCUT2D eigenvalue weighted by molar-refractivity contribution is 6.04. The molecular formula is C25H25F2N7O2. The summed E-state index contributed by atoms with van der Waals surface area (Å²) in [4.78, 5) is 32.1. The Hall–Kier alpha value is -4.02. The van der Waals surface area contributed by atoms with E-state index in [9.17, 15) is 13.6 Å². The molecule has 9 nitrogen and oxygen atoms in total. The molecule has 0 spiro atoms. The number of alkyl halides is 2. The molecule has 0 unspecified atom stereocenters. The number of benzene rings is 1. The van der Waals surface area contributed by atoms with Crippen LogP contribution in [0.25, 0.3) is 11.3 Å². The third-order valence-electron chi connectivity index (χ3n) is 6.93. The molecule has 1 atom stereocenters. The number of hydrogen-bond donors (Lipinski definition) is 1. The van der Waals surface area contributed by atoms with Crippen molar-refractivity contribution < 1.29 is 18.3 Å². The van der Waals surface area contributed by atoms with Crippen LogP contribution in [0, 0.1) is 0 Å². The van der Waals surface area contributed by atoms with Gasteiger partial charge < -0.3 is 14.5 Å². The SMILES string of the molecule is COc1cc(NC(=O)N2c3nc(-c4cccc(N5CCC(F)(F)C5)c4)ccc3N3CC[C@H]2C3)ncn1. The Bertz CT molecular complexity index is 1320. The van der Waals surface area contributed by atoms with E-state index in [1.165, 1.54) is 13.4 Å². The number of anilines is 4. The number of carbonyl (C=O) groups excluding carboxylic acids is 1. The van der Waals surface area contributed by atoms with E-state index in [0.29, 0.717) is 29.8 Å². The molecule has 3 aliphatic rings. The van der Waals surface area contributed by atoms with E-state index >= 15 is 0 Å². The quantitative estimate of drug-likeness (QED) is 0.587. The predicted octanol–water partition coefficient (Wildman–Crippen LogP) is 4.02. The average Bonchev–Trinajstić information content (AvgIpc) is 3.47. The molecule has 2 amide bonds. The molecule has 36 heavy (non-hydrogen) atoms. The normalized spacial score (nSPS) is 19.9. The molecule has 3 aromatic rings. The molecular weight excluding hydrogens is 468 g/mol. The second-order valence-electron chi connectivity index (χ2n) is 9.25. The second kappa shape index (κ2) is 8.58. The lowest BCUT2D eigenvalue weighted by Crippen LogP contribution is -2.48. The smallest absolute Gasteiger partial charge is 0.329 e. The van der Waals surface area contributed by atoms with E-state index in [1.54, 1.807) is 15.9 Å². The Morgan fingerprint density at radius 2 is 2.03 bits per heavy atom. The zero-order valence-electron chi connectivity index (χ0n) is 19.7. The van der Waals surface area contributed by atoms with Crippen LogP contribution >= 0.6 is 0 Å². The first kappa shape index (κ1) is 22.4. The number of methoxy groups -OCH3 is 1. The van der Waals surface area contributed by atoms with Gasteiger partial charge in [-0.25, -0.2) is 28.5 Å². The lowest BCUT2D eigenvalue weighted by atomic mass is 10.1. The second-order valence-corrected chi connectivity index (χ2v) is 9.25. The van der Waals surface area contributed by atoms with Gasteiger partial charge in [0.05, 0.1) is 31.1 Å². The maximum Gasteiger partial charge on any atom is 0.329 e. The number of carbonyl (C=O) groups is 1. The number of rotatable bonds is 4. The summed E-state index contributed by atoms with van der Waals surface area (Å²) in [7, 11) is 1.50. The number of urea groups is 1. The van der Waals surface area contributed by atoms with Gasteiger partial charge in [-0.05, 0) is 30.7 Å². The van der Waals surface area contributed by atoms with Crippen molar-refractivity contribution in [2.45, 2.75) is 24.8 Å². The summed E-state index contributed by atoms with van der Waals surface area (Å²) in [5.41, 5.74) is 3.10. The van der Waals surface area contributed by atoms with Gasteiger partial charge in [-0.15, -0.1) is 0 Å².